The Labute approximate surface area is 154 Å². The van der Waals surface area contributed by atoms with Crippen LogP contribution in [0.5, 0.6) is 11.5 Å². The van der Waals surface area contributed by atoms with Crippen LogP contribution in [-0.2, 0) is 25.8 Å². The highest BCUT2D eigenvalue weighted by molar-refractivity contribution is 7.12. The van der Waals surface area contributed by atoms with Gasteiger partial charge >= 0.3 is 0 Å². The van der Waals surface area contributed by atoms with Crippen molar-refractivity contribution in [3.05, 3.63) is 44.6 Å². The normalized spacial score (nSPS) is 22.4. The van der Waals surface area contributed by atoms with Crippen LogP contribution in [0, 0.1) is 5.92 Å². The summed E-state index contributed by atoms with van der Waals surface area (Å²) in [7, 11) is 1.62. The number of benzene rings is 1. The number of methoxy groups -OCH3 is 1. The van der Waals surface area contributed by atoms with Gasteiger partial charge in [-0.05, 0) is 60.6 Å². The fraction of sp³-hybridized carbons (Fsp3) is 0.524. The lowest BCUT2D eigenvalue weighted by atomic mass is 9.83. The van der Waals surface area contributed by atoms with Crippen LogP contribution in [0.25, 0.3) is 0 Å². The van der Waals surface area contributed by atoms with Crippen molar-refractivity contribution in [2.24, 2.45) is 5.92 Å². The van der Waals surface area contributed by atoms with Gasteiger partial charge in [0.2, 0.25) is 0 Å². The van der Waals surface area contributed by atoms with Crippen LogP contribution in [-0.4, -0.2) is 23.2 Å². The number of phenols is 1. The molecule has 3 nitrogen and oxygen atoms in total. The third-order valence-corrected chi connectivity index (χ3v) is 6.79. The molecule has 2 atom stereocenters. The molecule has 2 aliphatic heterocycles. The van der Waals surface area contributed by atoms with Crippen molar-refractivity contribution < 1.29 is 9.84 Å². The third-order valence-electron chi connectivity index (χ3n) is 5.57. The number of fused-ring (bicyclic) bond motifs is 4. The number of thiophene rings is 1. The van der Waals surface area contributed by atoms with Crippen LogP contribution in [0.1, 0.15) is 53.3 Å². The topological polar surface area (TPSA) is 32.7 Å². The molecule has 2 aromatic rings. The summed E-state index contributed by atoms with van der Waals surface area (Å²) >= 11 is 1.99. The van der Waals surface area contributed by atoms with Crippen molar-refractivity contribution in [1.29, 1.82) is 0 Å². The molecule has 1 N–H and O–H groups in total. The predicted octanol–water partition coefficient (Wildman–Crippen LogP) is 4.70. The highest BCUT2D eigenvalue weighted by atomic mass is 32.1. The number of hydrogen-bond donors (Lipinski definition) is 1. The second kappa shape index (κ2) is 6.33. The first kappa shape index (κ1) is 16.9. The molecule has 0 fully saturated rings. The molecule has 0 radical (unpaired) electrons. The summed E-state index contributed by atoms with van der Waals surface area (Å²) < 4.78 is 5.32. The zero-order valence-electron chi connectivity index (χ0n) is 15.5. The molecule has 134 valence electrons. The minimum absolute atomic E-state index is 0.258. The van der Waals surface area contributed by atoms with Crippen LogP contribution in [0.2, 0.25) is 0 Å². The number of ether oxygens (including phenoxy) is 1. The first-order chi connectivity index (χ1) is 12.0. The Kier molecular flexibility index (Phi) is 4.28. The molecule has 0 spiro atoms. The molecule has 2 aliphatic rings. The number of nitrogens with zero attached hydrogens (tertiary/aromatic N) is 1. The third kappa shape index (κ3) is 2.96. The van der Waals surface area contributed by atoms with Gasteiger partial charge in [0.15, 0.2) is 11.5 Å². The number of aromatic hydroxyl groups is 1. The monoisotopic (exact) mass is 357 g/mol. The second-order valence-corrected chi connectivity index (χ2v) is 9.15. The molecule has 3 heterocycles. The highest BCUT2D eigenvalue weighted by Crippen LogP contribution is 2.45. The van der Waals surface area contributed by atoms with Crippen molar-refractivity contribution in [1.82, 2.24) is 4.90 Å². The molecular weight excluding hydrogens is 330 g/mol. The average Bonchev–Trinajstić information content (AvgIpc) is 2.94. The second-order valence-electron chi connectivity index (χ2n) is 7.93. The van der Waals surface area contributed by atoms with E-state index in [1.54, 1.807) is 7.11 Å². The van der Waals surface area contributed by atoms with E-state index < -0.39 is 0 Å². The molecule has 0 saturated carbocycles. The van der Waals surface area contributed by atoms with Crippen LogP contribution >= 0.6 is 11.3 Å². The van der Waals surface area contributed by atoms with E-state index in [-0.39, 0.29) is 5.75 Å². The molecule has 0 bridgehead atoms. The van der Waals surface area contributed by atoms with Crippen LogP contribution in [0.4, 0.5) is 0 Å². The molecule has 4 heteroatoms. The fourth-order valence-electron chi connectivity index (χ4n) is 4.40. The number of rotatable bonds is 3. The molecule has 2 unspecified atom stereocenters. The Bertz CT molecular complexity index is 795. The van der Waals surface area contributed by atoms with E-state index in [9.17, 15) is 5.11 Å². The first-order valence-corrected chi connectivity index (χ1v) is 10.0. The van der Waals surface area contributed by atoms with Gasteiger partial charge in [-0.25, -0.2) is 0 Å². The maximum Gasteiger partial charge on any atom is 0.160 e. The van der Waals surface area contributed by atoms with Crippen molar-refractivity contribution in [3.63, 3.8) is 0 Å². The van der Waals surface area contributed by atoms with E-state index >= 15 is 0 Å². The molecule has 0 saturated heterocycles. The lowest BCUT2D eigenvalue weighted by Crippen LogP contribution is -2.44. The van der Waals surface area contributed by atoms with Gasteiger partial charge in [-0.3, -0.25) is 4.90 Å². The maximum atomic E-state index is 10.3. The van der Waals surface area contributed by atoms with Gasteiger partial charge < -0.3 is 9.84 Å². The largest absolute Gasteiger partial charge is 0.504 e. The van der Waals surface area contributed by atoms with Gasteiger partial charge in [0.05, 0.1) is 7.11 Å². The minimum atomic E-state index is 0.258. The highest BCUT2D eigenvalue weighted by Gasteiger charge is 2.37. The van der Waals surface area contributed by atoms with Crippen LogP contribution in [0.3, 0.4) is 0 Å². The van der Waals surface area contributed by atoms with Crippen molar-refractivity contribution in [2.45, 2.75) is 58.7 Å². The van der Waals surface area contributed by atoms with E-state index in [2.05, 4.69) is 31.7 Å². The van der Waals surface area contributed by atoms with Crippen molar-refractivity contribution in [3.8, 4) is 11.5 Å². The van der Waals surface area contributed by atoms with Gasteiger partial charge in [-0.1, -0.05) is 13.8 Å². The van der Waals surface area contributed by atoms with E-state index in [1.807, 2.05) is 23.5 Å². The summed E-state index contributed by atoms with van der Waals surface area (Å²) in [6.07, 6.45) is 3.24. The van der Waals surface area contributed by atoms with Crippen molar-refractivity contribution >= 4 is 11.3 Å². The minimum Gasteiger partial charge on any atom is -0.504 e. The zero-order valence-corrected chi connectivity index (χ0v) is 16.3. The molecule has 1 aromatic carbocycles. The average molecular weight is 358 g/mol. The Hall–Kier alpha value is -1.52. The van der Waals surface area contributed by atoms with Gasteiger partial charge in [-0.15, -0.1) is 11.3 Å². The summed E-state index contributed by atoms with van der Waals surface area (Å²) in [5.41, 5.74) is 4.12. The van der Waals surface area contributed by atoms with E-state index in [0.29, 0.717) is 23.8 Å². The summed E-state index contributed by atoms with van der Waals surface area (Å²) in [6.45, 7) is 7.93. The van der Waals surface area contributed by atoms with Gasteiger partial charge in [0, 0.05) is 34.8 Å². The Balaban J connectivity index is 1.71. The van der Waals surface area contributed by atoms with Crippen molar-refractivity contribution in [2.75, 3.05) is 7.11 Å². The lowest BCUT2D eigenvalue weighted by Gasteiger charge is -2.44. The van der Waals surface area contributed by atoms with Gasteiger partial charge in [-0.2, -0.15) is 0 Å². The summed E-state index contributed by atoms with van der Waals surface area (Å²) in [4.78, 5) is 5.67. The van der Waals surface area contributed by atoms with Gasteiger partial charge in [0.25, 0.3) is 0 Å². The smallest absolute Gasteiger partial charge is 0.160 e. The van der Waals surface area contributed by atoms with Crippen LogP contribution < -0.4 is 4.74 Å². The van der Waals surface area contributed by atoms with E-state index in [0.717, 1.165) is 19.4 Å². The standard InChI is InChI=1S/C21H27NO2S/c1-12(2)5-16-7-15-11-22-13(3)6-14-8-20(24-4)19(23)9-17(14)18(22)10-21(15)25-16/h7-9,12-13,18,23H,5-6,10-11H2,1-4H3. The molecule has 25 heavy (non-hydrogen) atoms. The fourth-order valence-corrected chi connectivity index (χ4v) is 5.83. The molecule has 0 amide bonds. The van der Waals surface area contributed by atoms with E-state index in [1.165, 1.54) is 32.9 Å². The Morgan fingerprint density at radius 1 is 1.24 bits per heavy atom. The molecular formula is C21H27NO2S. The molecule has 4 rings (SSSR count). The summed E-state index contributed by atoms with van der Waals surface area (Å²) in [6, 6.07) is 7.28. The molecule has 1 aromatic heterocycles. The summed E-state index contributed by atoms with van der Waals surface area (Å²) in [5.74, 6) is 1.55. The van der Waals surface area contributed by atoms with Crippen LogP contribution in [0.15, 0.2) is 18.2 Å². The summed E-state index contributed by atoms with van der Waals surface area (Å²) in [5, 5.41) is 10.3. The van der Waals surface area contributed by atoms with Gasteiger partial charge in [0.1, 0.15) is 0 Å². The van der Waals surface area contributed by atoms with E-state index in [4.69, 9.17) is 4.74 Å². The lowest BCUT2D eigenvalue weighted by molar-refractivity contribution is 0.107. The SMILES string of the molecule is COc1cc2c(cc1O)C1Cc3sc(CC(C)C)cc3CN1C(C)C2. The number of hydrogen-bond acceptors (Lipinski definition) is 4. The maximum absolute atomic E-state index is 10.3. The Morgan fingerprint density at radius 3 is 2.76 bits per heavy atom. The Morgan fingerprint density at radius 2 is 2.04 bits per heavy atom. The first-order valence-electron chi connectivity index (χ1n) is 9.22. The quantitative estimate of drug-likeness (QED) is 0.864. The number of phenolic OH excluding ortho intramolecular Hbond substituents is 1. The molecule has 0 aliphatic carbocycles. The predicted molar refractivity (Wildman–Crippen MR) is 103 cm³/mol. The zero-order chi connectivity index (χ0) is 17.7.